The lowest BCUT2D eigenvalue weighted by molar-refractivity contribution is 0.457. The normalized spacial score (nSPS) is 17.1. The maximum Gasteiger partial charge on any atom is 0.142 e. The standard InChI is InChI=1S/C14H19ClFN/c1-2-10(9-17-12-6-7-12)8-11-4-3-5-13(16)14(11)15/h3-5,10,12,17H,2,6-9H2,1H3. The maximum atomic E-state index is 13.3. The van der Waals surface area contributed by atoms with Crippen LogP contribution in [0.2, 0.25) is 5.02 Å². The van der Waals surface area contributed by atoms with Crippen LogP contribution in [0.4, 0.5) is 4.39 Å². The molecule has 0 spiro atoms. The van der Waals surface area contributed by atoms with Gasteiger partial charge in [0.2, 0.25) is 0 Å². The first kappa shape index (κ1) is 12.8. The van der Waals surface area contributed by atoms with Gasteiger partial charge in [-0.15, -0.1) is 0 Å². The molecule has 1 aliphatic rings. The van der Waals surface area contributed by atoms with Gasteiger partial charge in [-0.25, -0.2) is 4.39 Å². The highest BCUT2D eigenvalue weighted by Crippen LogP contribution is 2.24. The molecule has 0 saturated heterocycles. The van der Waals surface area contributed by atoms with Gasteiger partial charge in [-0.1, -0.05) is 37.1 Å². The highest BCUT2D eigenvalue weighted by atomic mass is 35.5. The van der Waals surface area contributed by atoms with Crippen molar-refractivity contribution in [3.05, 3.63) is 34.6 Å². The van der Waals surface area contributed by atoms with E-state index < -0.39 is 0 Å². The van der Waals surface area contributed by atoms with Gasteiger partial charge in [0.25, 0.3) is 0 Å². The number of hydrogen-bond donors (Lipinski definition) is 1. The molecule has 1 nitrogen and oxygen atoms in total. The van der Waals surface area contributed by atoms with E-state index in [1.807, 2.05) is 6.07 Å². The highest BCUT2D eigenvalue weighted by Gasteiger charge is 2.21. The lowest BCUT2D eigenvalue weighted by Crippen LogP contribution is -2.25. The second-order valence-electron chi connectivity index (χ2n) is 4.87. The van der Waals surface area contributed by atoms with E-state index in [9.17, 15) is 4.39 Å². The Labute approximate surface area is 107 Å². The monoisotopic (exact) mass is 255 g/mol. The molecule has 0 amide bonds. The van der Waals surface area contributed by atoms with E-state index >= 15 is 0 Å². The predicted octanol–water partition coefficient (Wildman–Crippen LogP) is 3.80. The van der Waals surface area contributed by atoms with Gasteiger partial charge in [0.1, 0.15) is 5.82 Å². The molecule has 1 saturated carbocycles. The number of rotatable bonds is 6. The zero-order chi connectivity index (χ0) is 12.3. The SMILES string of the molecule is CCC(CNC1CC1)Cc1cccc(F)c1Cl. The highest BCUT2D eigenvalue weighted by molar-refractivity contribution is 6.31. The molecule has 1 unspecified atom stereocenters. The molecule has 0 bridgehead atoms. The van der Waals surface area contributed by atoms with Crippen molar-refractivity contribution in [2.24, 2.45) is 5.92 Å². The average Bonchev–Trinajstić information content (AvgIpc) is 3.13. The molecule has 17 heavy (non-hydrogen) atoms. The van der Waals surface area contributed by atoms with Gasteiger partial charge in [0.15, 0.2) is 0 Å². The number of halogens is 2. The van der Waals surface area contributed by atoms with Gasteiger partial charge in [0.05, 0.1) is 5.02 Å². The van der Waals surface area contributed by atoms with Gasteiger partial charge in [-0.05, 0) is 43.4 Å². The Balaban J connectivity index is 1.93. The van der Waals surface area contributed by atoms with Crippen LogP contribution in [0.25, 0.3) is 0 Å². The second-order valence-corrected chi connectivity index (χ2v) is 5.25. The van der Waals surface area contributed by atoms with E-state index in [1.54, 1.807) is 6.07 Å². The third-order valence-corrected chi connectivity index (χ3v) is 3.81. The van der Waals surface area contributed by atoms with Crippen LogP contribution in [0.5, 0.6) is 0 Å². The van der Waals surface area contributed by atoms with Crippen LogP contribution >= 0.6 is 11.6 Å². The third kappa shape index (κ3) is 3.68. The third-order valence-electron chi connectivity index (χ3n) is 3.39. The molecular weight excluding hydrogens is 237 g/mol. The summed E-state index contributed by atoms with van der Waals surface area (Å²) in [7, 11) is 0. The summed E-state index contributed by atoms with van der Waals surface area (Å²) in [5.74, 6) is 0.226. The van der Waals surface area contributed by atoms with Crippen molar-refractivity contribution < 1.29 is 4.39 Å². The Kier molecular flexibility index (Phi) is 4.41. The Hall–Kier alpha value is -0.600. The van der Waals surface area contributed by atoms with Gasteiger partial charge in [-0.3, -0.25) is 0 Å². The van der Waals surface area contributed by atoms with Crippen molar-refractivity contribution in [2.75, 3.05) is 6.54 Å². The summed E-state index contributed by atoms with van der Waals surface area (Å²) in [5, 5.41) is 3.81. The van der Waals surface area contributed by atoms with Crippen molar-refractivity contribution in [3.8, 4) is 0 Å². The van der Waals surface area contributed by atoms with Crippen molar-refractivity contribution in [3.63, 3.8) is 0 Å². The first-order valence-corrected chi connectivity index (χ1v) is 6.74. The van der Waals surface area contributed by atoms with Crippen molar-refractivity contribution in [1.29, 1.82) is 0 Å². The van der Waals surface area contributed by atoms with Crippen LogP contribution in [0, 0.1) is 11.7 Å². The van der Waals surface area contributed by atoms with Gasteiger partial charge >= 0.3 is 0 Å². The first-order valence-electron chi connectivity index (χ1n) is 6.37. The fraction of sp³-hybridized carbons (Fsp3) is 0.571. The summed E-state index contributed by atoms with van der Waals surface area (Å²) < 4.78 is 13.3. The van der Waals surface area contributed by atoms with Crippen LogP contribution < -0.4 is 5.32 Å². The van der Waals surface area contributed by atoms with Gasteiger partial charge < -0.3 is 5.32 Å². The van der Waals surface area contributed by atoms with E-state index in [4.69, 9.17) is 11.6 Å². The Morgan fingerprint density at radius 3 is 2.88 bits per heavy atom. The smallest absolute Gasteiger partial charge is 0.142 e. The number of nitrogens with one attached hydrogen (secondary N) is 1. The summed E-state index contributed by atoms with van der Waals surface area (Å²) >= 11 is 5.97. The molecule has 1 fully saturated rings. The maximum absolute atomic E-state index is 13.3. The van der Waals surface area contributed by atoms with Crippen LogP contribution in [0.1, 0.15) is 31.7 Å². The number of hydrogen-bond acceptors (Lipinski definition) is 1. The van der Waals surface area contributed by atoms with E-state index in [2.05, 4.69) is 12.2 Å². The molecule has 1 aromatic carbocycles. The molecule has 94 valence electrons. The largest absolute Gasteiger partial charge is 0.314 e. The molecule has 0 radical (unpaired) electrons. The van der Waals surface area contributed by atoms with Crippen molar-refractivity contribution in [2.45, 2.75) is 38.6 Å². The summed E-state index contributed by atoms with van der Waals surface area (Å²) in [6.45, 7) is 3.18. The molecule has 1 aliphatic carbocycles. The van der Waals surface area contributed by atoms with Crippen molar-refractivity contribution in [1.82, 2.24) is 5.32 Å². The van der Waals surface area contributed by atoms with E-state index in [0.29, 0.717) is 5.92 Å². The van der Waals surface area contributed by atoms with E-state index in [0.717, 1.165) is 31.0 Å². The zero-order valence-electron chi connectivity index (χ0n) is 10.2. The van der Waals surface area contributed by atoms with E-state index in [1.165, 1.54) is 18.9 Å². The topological polar surface area (TPSA) is 12.0 Å². The molecule has 3 heteroatoms. The zero-order valence-corrected chi connectivity index (χ0v) is 10.9. The molecule has 1 aromatic rings. The molecule has 1 N–H and O–H groups in total. The minimum Gasteiger partial charge on any atom is -0.314 e. The average molecular weight is 256 g/mol. The van der Waals surface area contributed by atoms with Crippen LogP contribution in [0.15, 0.2) is 18.2 Å². The van der Waals surface area contributed by atoms with Crippen LogP contribution in [0.3, 0.4) is 0 Å². The molecule has 0 aliphatic heterocycles. The first-order chi connectivity index (χ1) is 8.20. The predicted molar refractivity (Wildman–Crippen MR) is 69.9 cm³/mol. The minimum atomic E-state index is -0.311. The van der Waals surface area contributed by atoms with E-state index in [-0.39, 0.29) is 10.8 Å². The second kappa shape index (κ2) is 5.83. The molecule has 2 rings (SSSR count). The summed E-state index contributed by atoms with van der Waals surface area (Å²) in [4.78, 5) is 0. The quantitative estimate of drug-likeness (QED) is 0.815. The number of benzene rings is 1. The Morgan fingerprint density at radius 2 is 2.24 bits per heavy atom. The fourth-order valence-electron chi connectivity index (χ4n) is 2.00. The molecular formula is C14H19ClFN. The molecule has 0 heterocycles. The van der Waals surface area contributed by atoms with Crippen LogP contribution in [-0.2, 0) is 6.42 Å². The molecule has 1 atom stereocenters. The lowest BCUT2D eigenvalue weighted by Gasteiger charge is -2.16. The fourth-order valence-corrected chi connectivity index (χ4v) is 2.20. The van der Waals surface area contributed by atoms with Crippen molar-refractivity contribution >= 4 is 11.6 Å². The Morgan fingerprint density at radius 1 is 1.47 bits per heavy atom. The Bertz CT molecular complexity index is 376. The minimum absolute atomic E-state index is 0.289. The van der Waals surface area contributed by atoms with Gasteiger partial charge in [0, 0.05) is 6.04 Å². The summed E-state index contributed by atoms with van der Waals surface area (Å²) in [6.07, 6.45) is 4.55. The van der Waals surface area contributed by atoms with Crippen LogP contribution in [-0.4, -0.2) is 12.6 Å². The summed E-state index contributed by atoms with van der Waals surface area (Å²) in [6, 6.07) is 5.80. The summed E-state index contributed by atoms with van der Waals surface area (Å²) in [5.41, 5.74) is 0.927. The van der Waals surface area contributed by atoms with Gasteiger partial charge in [-0.2, -0.15) is 0 Å². The lowest BCUT2D eigenvalue weighted by atomic mass is 9.96. The molecule has 0 aromatic heterocycles.